The van der Waals surface area contributed by atoms with Crippen molar-refractivity contribution in [1.29, 1.82) is 0 Å². The molecule has 3 aliphatic heterocycles. The summed E-state index contributed by atoms with van der Waals surface area (Å²) in [5.74, 6) is 1.44. The third-order valence-corrected chi connectivity index (χ3v) is 7.47. The first-order chi connectivity index (χ1) is 16.4. The van der Waals surface area contributed by atoms with Crippen molar-refractivity contribution in [3.63, 3.8) is 0 Å². The molecule has 3 aliphatic rings. The Kier molecular flexibility index (Phi) is 7.71. The lowest BCUT2D eigenvalue weighted by Crippen LogP contribution is -2.55. The molecule has 3 aromatic rings. The van der Waals surface area contributed by atoms with Crippen LogP contribution >= 0.6 is 11.6 Å². The highest BCUT2D eigenvalue weighted by Gasteiger charge is 2.42. The van der Waals surface area contributed by atoms with E-state index >= 15 is 0 Å². The zero-order valence-electron chi connectivity index (χ0n) is 19.5. The van der Waals surface area contributed by atoms with Crippen LogP contribution in [-0.2, 0) is 0 Å². The Morgan fingerprint density at radius 2 is 2.00 bits per heavy atom. The molecule has 1 aromatic heterocycles. The predicted molar refractivity (Wildman–Crippen MR) is 134 cm³/mol. The number of rotatable bonds is 5. The molecular formula is C27H31ClN2O4. The summed E-state index contributed by atoms with van der Waals surface area (Å²) in [6, 6.07) is 14.1. The number of halogens is 1. The van der Waals surface area contributed by atoms with Gasteiger partial charge in [-0.3, -0.25) is 9.88 Å². The highest BCUT2D eigenvalue weighted by atomic mass is 35.5. The fraction of sp³-hybridized carbons (Fsp3) is 0.407. The van der Waals surface area contributed by atoms with Crippen molar-refractivity contribution in [3.8, 4) is 5.75 Å². The Bertz CT molecular complexity index is 1140. The number of aromatic nitrogens is 1. The Balaban J connectivity index is 0.000000231. The molecule has 0 aliphatic carbocycles. The summed E-state index contributed by atoms with van der Waals surface area (Å²) in [6.07, 6.45) is 4.97. The van der Waals surface area contributed by atoms with Gasteiger partial charge < -0.3 is 14.9 Å². The van der Waals surface area contributed by atoms with Crippen LogP contribution in [0.2, 0.25) is 5.02 Å². The van der Waals surface area contributed by atoms with E-state index in [1.807, 2.05) is 24.3 Å². The highest BCUT2D eigenvalue weighted by molar-refractivity contribution is 6.30. The maximum Gasteiger partial charge on any atom is 0.335 e. The highest BCUT2D eigenvalue weighted by Crippen LogP contribution is 2.42. The van der Waals surface area contributed by atoms with E-state index in [-0.39, 0.29) is 11.6 Å². The molecule has 5 atom stereocenters. The molecule has 180 valence electrons. The van der Waals surface area contributed by atoms with Crippen LogP contribution < -0.4 is 4.74 Å². The molecule has 0 amide bonds. The average Bonchev–Trinajstić information content (AvgIpc) is 2.88. The van der Waals surface area contributed by atoms with Crippen molar-refractivity contribution in [2.45, 2.75) is 38.3 Å². The third kappa shape index (κ3) is 5.19. The van der Waals surface area contributed by atoms with Gasteiger partial charge in [-0.2, -0.15) is 0 Å². The maximum atomic E-state index is 11.2. The zero-order valence-corrected chi connectivity index (χ0v) is 20.3. The van der Waals surface area contributed by atoms with Crippen LogP contribution in [0.1, 0.15) is 48.2 Å². The molecule has 2 aromatic carbocycles. The maximum absolute atomic E-state index is 11.2. The van der Waals surface area contributed by atoms with Crippen molar-refractivity contribution in [2.75, 3.05) is 20.2 Å². The summed E-state index contributed by atoms with van der Waals surface area (Å²) in [7, 11) is 1.67. The fourth-order valence-corrected chi connectivity index (χ4v) is 5.43. The zero-order chi connectivity index (χ0) is 24.2. The predicted octanol–water partition coefficient (Wildman–Crippen LogP) is 5.44. The van der Waals surface area contributed by atoms with Gasteiger partial charge in [-0.25, -0.2) is 4.79 Å². The SMILES string of the molecule is CC[C@H]1CN2CC[C@H]1C[C@@H]2[C@@H](O)c1ccnc2ccc(OC)cc12.O=C(O)c1ccc(Cl)cc1. The van der Waals surface area contributed by atoms with Crippen LogP contribution in [0.4, 0.5) is 0 Å². The number of ether oxygens (including phenoxy) is 1. The first kappa shape index (κ1) is 24.5. The number of aliphatic hydroxyl groups is 1. The van der Waals surface area contributed by atoms with Crippen LogP contribution in [-0.4, -0.2) is 52.3 Å². The minimum Gasteiger partial charge on any atom is -0.497 e. The molecule has 3 fully saturated rings. The van der Waals surface area contributed by atoms with E-state index < -0.39 is 12.1 Å². The fourth-order valence-electron chi connectivity index (χ4n) is 5.30. The second-order valence-electron chi connectivity index (χ2n) is 9.06. The van der Waals surface area contributed by atoms with Crippen LogP contribution in [0.25, 0.3) is 10.9 Å². The standard InChI is InChI=1S/C20H26N2O2.C7H5ClO2/c1-3-13-12-22-9-7-14(13)10-19(22)20(23)16-6-8-21-18-5-4-15(24-2)11-17(16)18;8-6-3-1-5(2-4-6)7(9)10/h4-6,8,11,13-14,19-20,23H,3,7,9-10,12H2,1-2H3;1-4H,(H,9,10)/t13-,14-,19+,20-;/m0./s1. The lowest BCUT2D eigenvalue weighted by molar-refractivity contribution is -0.0562. The largest absolute Gasteiger partial charge is 0.497 e. The summed E-state index contributed by atoms with van der Waals surface area (Å²) in [5, 5.41) is 21.2. The molecule has 6 nitrogen and oxygen atoms in total. The number of carboxylic acids is 1. The van der Waals surface area contributed by atoms with Gasteiger partial charge in [0, 0.05) is 29.2 Å². The Morgan fingerprint density at radius 1 is 1.24 bits per heavy atom. The molecule has 2 N–H and O–H groups in total. The molecular weight excluding hydrogens is 452 g/mol. The van der Waals surface area contributed by atoms with Crippen molar-refractivity contribution in [3.05, 3.63) is 70.9 Å². The molecule has 34 heavy (non-hydrogen) atoms. The van der Waals surface area contributed by atoms with E-state index in [1.165, 1.54) is 25.0 Å². The van der Waals surface area contributed by atoms with Crippen molar-refractivity contribution in [2.24, 2.45) is 11.8 Å². The number of aromatic carboxylic acids is 1. The second kappa shape index (κ2) is 10.7. The minimum atomic E-state index is -0.934. The Labute approximate surface area is 205 Å². The van der Waals surface area contributed by atoms with Crippen LogP contribution in [0, 0.1) is 11.8 Å². The number of pyridine rings is 1. The minimum absolute atomic E-state index is 0.225. The monoisotopic (exact) mass is 482 g/mol. The lowest BCUT2D eigenvalue weighted by atomic mass is 9.72. The van der Waals surface area contributed by atoms with E-state index in [2.05, 4.69) is 16.8 Å². The van der Waals surface area contributed by atoms with Gasteiger partial charge in [-0.1, -0.05) is 24.9 Å². The third-order valence-electron chi connectivity index (χ3n) is 7.22. The van der Waals surface area contributed by atoms with E-state index in [0.717, 1.165) is 53.6 Å². The lowest BCUT2D eigenvalue weighted by Gasteiger charge is -2.51. The molecule has 3 saturated heterocycles. The number of aliphatic hydroxyl groups excluding tert-OH is 1. The topological polar surface area (TPSA) is 82.9 Å². The summed E-state index contributed by atoms with van der Waals surface area (Å²) in [5.41, 5.74) is 2.14. The summed E-state index contributed by atoms with van der Waals surface area (Å²) in [6.45, 7) is 4.55. The van der Waals surface area contributed by atoms with Crippen LogP contribution in [0.15, 0.2) is 54.7 Å². The van der Waals surface area contributed by atoms with Crippen molar-refractivity contribution < 1.29 is 19.7 Å². The number of hydrogen-bond acceptors (Lipinski definition) is 5. The summed E-state index contributed by atoms with van der Waals surface area (Å²) >= 11 is 5.52. The van der Waals surface area contributed by atoms with Crippen molar-refractivity contribution in [1.82, 2.24) is 9.88 Å². The van der Waals surface area contributed by atoms with Gasteiger partial charge >= 0.3 is 5.97 Å². The quantitative estimate of drug-likeness (QED) is 0.504. The average molecular weight is 483 g/mol. The van der Waals surface area contributed by atoms with Crippen molar-refractivity contribution >= 4 is 28.5 Å². The number of nitrogens with zero attached hydrogens (tertiary/aromatic N) is 2. The molecule has 0 spiro atoms. The van der Waals surface area contributed by atoms with E-state index in [0.29, 0.717) is 5.02 Å². The molecule has 4 heterocycles. The number of piperidine rings is 3. The Hall–Kier alpha value is -2.67. The molecule has 0 radical (unpaired) electrons. The second-order valence-corrected chi connectivity index (χ2v) is 9.49. The molecule has 0 saturated carbocycles. The van der Waals surface area contributed by atoms with Gasteiger partial charge in [-0.15, -0.1) is 0 Å². The number of methoxy groups -OCH3 is 1. The van der Waals surface area contributed by atoms with Gasteiger partial charge in [0.15, 0.2) is 0 Å². The summed E-state index contributed by atoms with van der Waals surface area (Å²) in [4.78, 5) is 17.2. The normalized spacial score (nSPS) is 24.2. The van der Waals surface area contributed by atoms with Gasteiger partial charge in [0.25, 0.3) is 0 Å². The van der Waals surface area contributed by atoms with Gasteiger partial charge in [0.2, 0.25) is 0 Å². The number of fused-ring (bicyclic) bond motifs is 4. The molecule has 7 heteroatoms. The number of benzene rings is 2. The van der Waals surface area contributed by atoms with E-state index in [4.69, 9.17) is 21.4 Å². The first-order valence-electron chi connectivity index (χ1n) is 11.7. The van der Waals surface area contributed by atoms with E-state index in [9.17, 15) is 9.90 Å². The van der Waals surface area contributed by atoms with Gasteiger partial charge in [0.05, 0.1) is 24.3 Å². The van der Waals surface area contributed by atoms with Crippen LogP contribution in [0.3, 0.4) is 0 Å². The van der Waals surface area contributed by atoms with Gasteiger partial charge in [0.1, 0.15) is 5.75 Å². The summed E-state index contributed by atoms with van der Waals surface area (Å²) < 4.78 is 5.36. The van der Waals surface area contributed by atoms with Crippen LogP contribution in [0.5, 0.6) is 5.75 Å². The molecule has 2 bridgehead atoms. The Morgan fingerprint density at radius 3 is 2.62 bits per heavy atom. The number of carboxylic acid groups (broad SMARTS) is 1. The molecule has 6 rings (SSSR count). The smallest absolute Gasteiger partial charge is 0.335 e. The van der Waals surface area contributed by atoms with Gasteiger partial charge in [-0.05, 0) is 85.3 Å². The van der Waals surface area contributed by atoms with E-state index in [1.54, 1.807) is 25.4 Å². The number of hydrogen-bond donors (Lipinski definition) is 2. The molecule has 1 unspecified atom stereocenters. The number of carbonyl (C=O) groups is 1. The first-order valence-corrected chi connectivity index (χ1v) is 12.1.